The zero-order chi connectivity index (χ0) is 17.6. The highest BCUT2D eigenvalue weighted by Gasteiger charge is 2.17. The maximum Gasteiger partial charge on any atom is 0.365 e. The molecule has 126 valence electrons. The van der Waals surface area contributed by atoms with Crippen LogP contribution in [0.4, 0.5) is 0 Å². The maximum atomic E-state index is 11.8. The van der Waals surface area contributed by atoms with E-state index in [-0.39, 0.29) is 0 Å². The van der Waals surface area contributed by atoms with Gasteiger partial charge in [0.2, 0.25) is 0 Å². The average Bonchev–Trinajstić information content (AvgIpc) is 3.30. The number of carbonyl (C=O) groups is 2. The van der Waals surface area contributed by atoms with E-state index in [0.29, 0.717) is 27.5 Å². The molecule has 0 spiro atoms. The molecule has 0 saturated heterocycles. The molecule has 0 saturated carbocycles. The van der Waals surface area contributed by atoms with Gasteiger partial charge in [0.15, 0.2) is 0 Å². The van der Waals surface area contributed by atoms with Gasteiger partial charge in [0.05, 0.1) is 12.7 Å². The molecule has 0 aliphatic carbocycles. The van der Waals surface area contributed by atoms with E-state index in [4.69, 9.17) is 14.0 Å². The number of thiophene rings is 1. The van der Waals surface area contributed by atoms with Crippen molar-refractivity contribution in [3.8, 4) is 11.3 Å². The zero-order valence-corrected chi connectivity index (χ0v) is 14.0. The number of furan rings is 1. The fraction of sp³-hybridized carbons (Fsp3) is 0.0556. The van der Waals surface area contributed by atoms with Crippen LogP contribution >= 0.6 is 11.3 Å². The van der Waals surface area contributed by atoms with Gasteiger partial charge in [0.1, 0.15) is 22.6 Å². The summed E-state index contributed by atoms with van der Waals surface area (Å²) in [4.78, 5) is 28.7. The summed E-state index contributed by atoms with van der Waals surface area (Å²) in [6.07, 6.45) is 1.29. The van der Waals surface area contributed by atoms with E-state index in [1.54, 1.807) is 53.9 Å². The lowest BCUT2D eigenvalue weighted by atomic mass is 10.2. The first-order valence-corrected chi connectivity index (χ1v) is 8.13. The summed E-state index contributed by atoms with van der Waals surface area (Å²) in [6.45, 7) is 0. The van der Waals surface area contributed by atoms with Gasteiger partial charge in [-0.05, 0) is 35.7 Å². The quantitative estimate of drug-likeness (QED) is 0.299. The largest absolute Gasteiger partial charge is 0.465 e. The molecule has 0 unspecified atom stereocenters. The highest BCUT2D eigenvalue weighted by Crippen LogP contribution is 2.30. The minimum atomic E-state index is -0.561. The number of benzene rings is 1. The fourth-order valence-corrected chi connectivity index (χ4v) is 2.89. The van der Waals surface area contributed by atoms with Gasteiger partial charge in [-0.15, -0.1) is 11.3 Å². The highest BCUT2D eigenvalue weighted by molar-refractivity contribution is 7.12. The summed E-state index contributed by atoms with van der Waals surface area (Å²) in [5.74, 6) is -0.0989. The van der Waals surface area contributed by atoms with Crippen molar-refractivity contribution in [1.82, 2.24) is 0 Å². The molecule has 0 bridgehead atoms. The topological polar surface area (TPSA) is 78.1 Å². The Morgan fingerprint density at radius 2 is 1.88 bits per heavy atom. The molecule has 0 amide bonds. The predicted molar refractivity (Wildman–Crippen MR) is 92.8 cm³/mol. The monoisotopic (exact) mass is 355 g/mol. The van der Waals surface area contributed by atoms with Gasteiger partial charge in [-0.25, -0.2) is 9.59 Å². The Balaban J connectivity index is 1.69. The SMILES string of the molecule is COC(=O)c1sccc1-c1ccc(C=NOC(=O)c2ccccc2)o1. The minimum Gasteiger partial charge on any atom is -0.465 e. The molecule has 0 fully saturated rings. The van der Waals surface area contributed by atoms with Gasteiger partial charge in [0.25, 0.3) is 0 Å². The Morgan fingerprint density at radius 1 is 1.08 bits per heavy atom. The number of hydrogen-bond donors (Lipinski definition) is 0. The summed E-state index contributed by atoms with van der Waals surface area (Å²) in [5, 5.41) is 5.41. The number of carbonyl (C=O) groups excluding carboxylic acids is 2. The molecule has 3 rings (SSSR count). The predicted octanol–water partition coefficient (Wildman–Crippen LogP) is 3.99. The van der Waals surface area contributed by atoms with Crippen molar-refractivity contribution in [1.29, 1.82) is 0 Å². The fourth-order valence-electron chi connectivity index (χ4n) is 2.07. The Hall–Kier alpha value is -3.19. The smallest absolute Gasteiger partial charge is 0.365 e. The molecule has 2 heterocycles. The first-order chi connectivity index (χ1) is 12.2. The first kappa shape index (κ1) is 16.7. The number of esters is 1. The van der Waals surface area contributed by atoms with Crippen molar-refractivity contribution in [2.24, 2.45) is 5.16 Å². The molecule has 0 atom stereocenters. The number of ether oxygens (including phenoxy) is 1. The number of oxime groups is 1. The van der Waals surface area contributed by atoms with E-state index in [1.165, 1.54) is 24.7 Å². The Bertz CT molecular complexity index is 910. The second kappa shape index (κ2) is 7.59. The molecule has 25 heavy (non-hydrogen) atoms. The first-order valence-electron chi connectivity index (χ1n) is 7.25. The van der Waals surface area contributed by atoms with Crippen molar-refractivity contribution in [3.05, 3.63) is 70.1 Å². The second-order valence-corrected chi connectivity index (χ2v) is 5.75. The van der Waals surface area contributed by atoms with Gasteiger partial charge in [-0.1, -0.05) is 23.4 Å². The summed E-state index contributed by atoms with van der Waals surface area (Å²) < 4.78 is 10.4. The lowest BCUT2D eigenvalue weighted by Crippen LogP contribution is -2.00. The van der Waals surface area contributed by atoms with Crippen LogP contribution in [0.25, 0.3) is 11.3 Å². The molecular formula is C18H13NO5S. The summed E-state index contributed by atoms with van der Waals surface area (Å²) in [6, 6.07) is 13.7. The van der Waals surface area contributed by atoms with E-state index in [2.05, 4.69) is 5.16 Å². The summed E-state index contributed by atoms with van der Waals surface area (Å²) in [5.41, 5.74) is 1.04. The Kier molecular flexibility index (Phi) is 5.06. The second-order valence-electron chi connectivity index (χ2n) is 4.84. The molecule has 6 nitrogen and oxygen atoms in total. The van der Waals surface area contributed by atoms with Gasteiger partial charge in [-0.2, -0.15) is 0 Å². The third kappa shape index (κ3) is 3.84. The zero-order valence-electron chi connectivity index (χ0n) is 13.2. The van der Waals surface area contributed by atoms with E-state index < -0.39 is 11.9 Å². The van der Waals surface area contributed by atoms with Crippen LogP contribution in [-0.4, -0.2) is 25.3 Å². The van der Waals surface area contributed by atoms with Crippen LogP contribution in [0.2, 0.25) is 0 Å². The van der Waals surface area contributed by atoms with Crippen LogP contribution in [0.15, 0.2) is 63.5 Å². The standard InChI is InChI=1S/C18H13NO5S/c1-22-18(21)16-14(9-10-25-16)15-8-7-13(23-15)11-19-24-17(20)12-5-3-2-4-6-12/h2-11H,1H3. The average molecular weight is 355 g/mol. The molecule has 0 N–H and O–H groups in total. The van der Waals surface area contributed by atoms with Crippen molar-refractivity contribution >= 4 is 29.5 Å². The van der Waals surface area contributed by atoms with Gasteiger partial charge >= 0.3 is 11.9 Å². The summed E-state index contributed by atoms with van der Waals surface area (Å²) >= 11 is 1.27. The number of rotatable bonds is 5. The van der Waals surface area contributed by atoms with Crippen LogP contribution < -0.4 is 0 Å². The van der Waals surface area contributed by atoms with Gasteiger partial charge in [-0.3, -0.25) is 0 Å². The highest BCUT2D eigenvalue weighted by atomic mass is 32.1. The number of methoxy groups -OCH3 is 1. The molecule has 0 aliphatic rings. The van der Waals surface area contributed by atoms with E-state index in [9.17, 15) is 9.59 Å². The third-order valence-corrected chi connectivity index (χ3v) is 4.15. The molecule has 0 aliphatic heterocycles. The lowest BCUT2D eigenvalue weighted by Gasteiger charge is -1.98. The third-order valence-electron chi connectivity index (χ3n) is 3.25. The van der Waals surface area contributed by atoms with Crippen LogP contribution in [-0.2, 0) is 9.57 Å². The maximum absolute atomic E-state index is 11.8. The van der Waals surface area contributed by atoms with Crippen LogP contribution in [0.1, 0.15) is 25.8 Å². The summed E-state index contributed by atoms with van der Waals surface area (Å²) in [7, 11) is 1.33. The lowest BCUT2D eigenvalue weighted by molar-refractivity contribution is 0.0518. The molecule has 7 heteroatoms. The van der Waals surface area contributed by atoms with E-state index in [1.807, 2.05) is 0 Å². The molecule has 2 aromatic heterocycles. The molecular weight excluding hydrogens is 342 g/mol. The molecule has 1 aromatic carbocycles. The minimum absolute atomic E-state index is 0.387. The van der Waals surface area contributed by atoms with Crippen LogP contribution in [0, 0.1) is 0 Å². The van der Waals surface area contributed by atoms with Crippen molar-refractivity contribution in [2.45, 2.75) is 0 Å². The Labute approximate surface area is 147 Å². The van der Waals surface area contributed by atoms with Crippen molar-refractivity contribution in [2.75, 3.05) is 7.11 Å². The van der Waals surface area contributed by atoms with Gasteiger partial charge < -0.3 is 14.0 Å². The van der Waals surface area contributed by atoms with Crippen LogP contribution in [0.5, 0.6) is 0 Å². The Morgan fingerprint density at radius 3 is 2.64 bits per heavy atom. The van der Waals surface area contributed by atoms with Crippen molar-refractivity contribution in [3.63, 3.8) is 0 Å². The molecule has 0 radical (unpaired) electrons. The van der Waals surface area contributed by atoms with Crippen molar-refractivity contribution < 1.29 is 23.6 Å². The van der Waals surface area contributed by atoms with E-state index >= 15 is 0 Å². The number of hydrogen-bond acceptors (Lipinski definition) is 7. The van der Waals surface area contributed by atoms with Crippen LogP contribution in [0.3, 0.4) is 0 Å². The van der Waals surface area contributed by atoms with E-state index in [0.717, 1.165) is 0 Å². The molecule has 3 aromatic rings. The normalized spacial score (nSPS) is 10.8. The van der Waals surface area contributed by atoms with Gasteiger partial charge in [0, 0.05) is 5.56 Å². The number of nitrogens with zero attached hydrogens (tertiary/aromatic N) is 1.